The van der Waals surface area contributed by atoms with Crippen LogP contribution in [0.5, 0.6) is 5.75 Å². The second-order valence-corrected chi connectivity index (χ2v) is 10.8. The van der Waals surface area contributed by atoms with Crippen LogP contribution in [0.2, 0.25) is 0 Å². The molecule has 1 N–H and O–H groups in total. The molecule has 7 nitrogen and oxygen atoms in total. The van der Waals surface area contributed by atoms with Crippen molar-refractivity contribution in [3.8, 4) is 11.4 Å². The first-order valence-corrected chi connectivity index (χ1v) is 14.5. The van der Waals surface area contributed by atoms with Gasteiger partial charge in [-0.15, -0.1) is 0 Å². The van der Waals surface area contributed by atoms with Crippen molar-refractivity contribution in [2.24, 2.45) is 0 Å². The normalized spacial score (nSPS) is 11.5. The van der Waals surface area contributed by atoms with Gasteiger partial charge in [0.1, 0.15) is 17.3 Å². The number of benzene rings is 3. The summed E-state index contributed by atoms with van der Waals surface area (Å²) < 4.78 is 18.9. The molecule has 6 rings (SSSR count). The Morgan fingerprint density at radius 2 is 1.82 bits per heavy atom. The predicted octanol–water partition coefficient (Wildman–Crippen LogP) is 8.10. The Balaban J connectivity index is 1.42. The third-order valence-corrected chi connectivity index (χ3v) is 8.31. The van der Waals surface area contributed by atoms with Crippen LogP contribution in [0, 0.1) is 13.8 Å². The van der Waals surface area contributed by atoms with Gasteiger partial charge >= 0.3 is 0 Å². The van der Waals surface area contributed by atoms with Gasteiger partial charge in [-0.2, -0.15) is 0 Å². The van der Waals surface area contributed by atoms with Gasteiger partial charge in [-0.25, -0.2) is 4.98 Å². The number of aromatic nitrogens is 4. The van der Waals surface area contributed by atoms with E-state index in [2.05, 4.69) is 92.8 Å². The number of rotatable bonds is 10. The van der Waals surface area contributed by atoms with E-state index in [1.54, 1.807) is 19.1 Å². The summed E-state index contributed by atoms with van der Waals surface area (Å²) >= 11 is 1.54. The van der Waals surface area contributed by atoms with E-state index in [0.717, 1.165) is 81.7 Å². The van der Waals surface area contributed by atoms with Crippen LogP contribution >= 0.6 is 11.9 Å². The fourth-order valence-electron chi connectivity index (χ4n) is 5.09. The molecule has 0 radical (unpaired) electrons. The molecule has 0 aliphatic rings. The summed E-state index contributed by atoms with van der Waals surface area (Å²) in [5.74, 6) is 3.52. The minimum atomic E-state index is 0.723. The minimum Gasteiger partial charge on any atom is -0.497 e. The average molecular weight is 552 g/mol. The molecule has 204 valence electrons. The summed E-state index contributed by atoms with van der Waals surface area (Å²) in [6.45, 7) is 6.88. The highest BCUT2D eigenvalue weighted by atomic mass is 32.2. The molecule has 0 fully saturated rings. The second kappa shape index (κ2) is 11.1. The summed E-state index contributed by atoms with van der Waals surface area (Å²) in [6.07, 6.45) is 5.44. The van der Waals surface area contributed by atoms with Crippen LogP contribution in [0.15, 0.2) is 82.3 Å². The Morgan fingerprint density at radius 1 is 1.00 bits per heavy atom. The molecule has 40 heavy (non-hydrogen) atoms. The molecule has 0 bridgehead atoms. The van der Waals surface area contributed by atoms with Crippen LogP contribution < -0.4 is 9.46 Å². The maximum Gasteiger partial charge on any atom is 0.182 e. The molecule has 0 saturated carbocycles. The smallest absolute Gasteiger partial charge is 0.182 e. The third-order valence-electron chi connectivity index (χ3n) is 7.45. The molecular weight excluding hydrogens is 518 g/mol. The van der Waals surface area contributed by atoms with Crippen molar-refractivity contribution in [1.29, 1.82) is 0 Å². The number of para-hydroxylation sites is 2. The Hall–Kier alpha value is -4.17. The van der Waals surface area contributed by atoms with E-state index in [1.165, 1.54) is 10.9 Å². The van der Waals surface area contributed by atoms with Gasteiger partial charge in [-0.05, 0) is 68.1 Å². The lowest BCUT2D eigenvalue weighted by Gasteiger charge is -2.12. The molecule has 0 atom stereocenters. The zero-order chi connectivity index (χ0) is 27.6. The third kappa shape index (κ3) is 4.84. The van der Waals surface area contributed by atoms with E-state index in [0.29, 0.717) is 0 Å². The van der Waals surface area contributed by atoms with Gasteiger partial charge in [0.25, 0.3) is 0 Å². The van der Waals surface area contributed by atoms with Crippen LogP contribution in [-0.4, -0.2) is 26.4 Å². The second-order valence-electron chi connectivity index (χ2n) is 10.00. The standard InChI is InChI=1S/C32H33N5O2S/c1-5-6-15-31-33-26-17-16-24(38-4)18-29(26)37(31)20-23-19-36(27-12-8-7-11-25(23)27)28-13-9-10-14-30(28)40-35-32-21(2)22(3)39-34-32/h7-14,16-19H,5-6,15,20H2,1-4H3,(H,34,35). The molecule has 6 aromatic rings. The Morgan fingerprint density at radius 3 is 2.62 bits per heavy atom. The number of methoxy groups -OCH3 is 1. The molecule has 0 aliphatic carbocycles. The zero-order valence-electron chi connectivity index (χ0n) is 23.3. The van der Waals surface area contributed by atoms with Gasteiger partial charge in [0.05, 0.1) is 40.8 Å². The maximum atomic E-state index is 5.56. The lowest BCUT2D eigenvalue weighted by molar-refractivity contribution is 0.399. The molecule has 3 aromatic heterocycles. The van der Waals surface area contributed by atoms with Crippen molar-refractivity contribution in [3.63, 3.8) is 0 Å². The maximum absolute atomic E-state index is 5.56. The molecule has 0 amide bonds. The number of fused-ring (bicyclic) bond motifs is 2. The van der Waals surface area contributed by atoms with Gasteiger partial charge in [-0.1, -0.05) is 48.8 Å². The lowest BCUT2D eigenvalue weighted by Crippen LogP contribution is -2.05. The summed E-state index contributed by atoms with van der Waals surface area (Å²) in [5, 5.41) is 5.39. The molecule has 0 saturated heterocycles. The van der Waals surface area contributed by atoms with Crippen LogP contribution in [-0.2, 0) is 13.0 Å². The number of hydrogen-bond donors (Lipinski definition) is 1. The van der Waals surface area contributed by atoms with Crippen molar-refractivity contribution in [2.75, 3.05) is 11.8 Å². The fraction of sp³-hybridized carbons (Fsp3) is 0.250. The minimum absolute atomic E-state index is 0.723. The highest BCUT2D eigenvalue weighted by Crippen LogP contribution is 2.33. The van der Waals surface area contributed by atoms with Gasteiger partial charge in [0, 0.05) is 29.6 Å². The Bertz CT molecular complexity index is 1800. The van der Waals surface area contributed by atoms with Crippen molar-refractivity contribution in [1.82, 2.24) is 19.3 Å². The largest absolute Gasteiger partial charge is 0.497 e. The SMILES string of the molecule is CCCCc1nc2ccc(OC)cc2n1Cc1cn(-c2ccccc2SNc2noc(C)c2C)c2ccccc12. The molecular formula is C32H33N5O2S. The summed E-state index contributed by atoms with van der Waals surface area (Å²) in [7, 11) is 1.71. The van der Waals surface area contributed by atoms with E-state index in [9.17, 15) is 0 Å². The van der Waals surface area contributed by atoms with Gasteiger partial charge < -0.3 is 23.1 Å². The first-order chi connectivity index (χ1) is 19.6. The number of hydrogen-bond acceptors (Lipinski definition) is 6. The summed E-state index contributed by atoms with van der Waals surface area (Å²) in [4.78, 5) is 6.11. The quantitative estimate of drug-likeness (QED) is 0.173. The van der Waals surface area contributed by atoms with Crippen molar-refractivity contribution < 1.29 is 9.26 Å². The number of nitrogens with one attached hydrogen (secondary N) is 1. The Kier molecular flexibility index (Phi) is 7.26. The summed E-state index contributed by atoms with van der Waals surface area (Å²) in [5.41, 5.74) is 6.62. The number of aryl methyl sites for hydroxylation is 2. The van der Waals surface area contributed by atoms with Crippen LogP contribution in [0.25, 0.3) is 27.6 Å². The molecule has 8 heteroatoms. The van der Waals surface area contributed by atoms with Crippen LogP contribution in [0.4, 0.5) is 5.82 Å². The van der Waals surface area contributed by atoms with Crippen molar-refractivity contribution in [3.05, 3.63) is 95.6 Å². The number of nitrogens with zero attached hydrogens (tertiary/aromatic N) is 4. The number of unbranched alkanes of at least 4 members (excludes halogenated alkanes) is 1. The van der Waals surface area contributed by atoms with Crippen LogP contribution in [0.1, 0.15) is 42.5 Å². The highest BCUT2D eigenvalue weighted by molar-refractivity contribution is 8.00. The van der Waals surface area contributed by atoms with Gasteiger partial charge in [-0.3, -0.25) is 0 Å². The zero-order valence-corrected chi connectivity index (χ0v) is 24.1. The Labute approximate surface area is 238 Å². The molecule has 0 aliphatic heterocycles. The molecule has 3 heterocycles. The van der Waals surface area contributed by atoms with Crippen LogP contribution in [0.3, 0.4) is 0 Å². The first-order valence-electron chi connectivity index (χ1n) is 13.6. The van der Waals surface area contributed by atoms with E-state index in [1.807, 2.05) is 19.9 Å². The molecule has 0 spiro atoms. The monoisotopic (exact) mass is 551 g/mol. The predicted molar refractivity (Wildman–Crippen MR) is 163 cm³/mol. The number of ether oxygens (including phenoxy) is 1. The molecule has 3 aromatic carbocycles. The fourth-order valence-corrected chi connectivity index (χ4v) is 5.90. The summed E-state index contributed by atoms with van der Waals surface area (Å²) in [6, 6.07) is 23.2. The van der Waals surface area contributed by atoms with Crippen molar-refractivity contribution in [2.45, 2.75) is 51.5 Å². The first kappa shape index (κ1) is 26.1. The number of imidazole rings is 1. The van der Waals surface area contributed by atoms with E-state index >= 15 is 0 Å². The van der Waals surface area contributed by atoms with Gasteiger partial charge in [0.2, 0.25) is 0 Å². The van der Waals surface area contributed by atoms with E-state index < -0.39 is 0 Å². The van der Waals surface area contributed by atoms with Gasteiger partial charge in [0.15, 0.2) is 5.82 Å². The van der Waals surface area contributed by atoms with Crippen molar-refractivity contribution >= 4 is 39.7 Å². The lowest BCUT2D eigenvalue weighted by atomic mass is 10.1. The van der Waals surface area contributed by atoms with E-state index in [-0.39, 0.29) is 0 Å². The molecule has 0 unspecified atom stereocenters. The number of anilines is 1. The average Bonchev–Trinajstić information content (AvgIpc) is 3.64. The highest BCUT2D eigenvalue weighted by Gasteiger charge is 2.17. The topological polar surface area (TPSA) is 70.0 Å². The van der Waals surface area contributed by atoms with E-state index in [4.69, 9.17) is 14.2 Å².